The molecule has 5 heteroatoms. The maximum atomic E-state index is 10.4. The highest BCUT2D eigenvalue weighted by Gasteiger charge is 2.29. The highest BCUT2D eigenvalue weighted by molar-refractivity contribution is 5.98. The van der Waals surface area contributed by atoms with Crippen molar-refractivity contribution in [3.63, 3.8) is 0 Å². The van der Waals surface area contributed by atoms with Crippen LogP contribution in [0.2, 0.25) is 0 Å². The number of hydrogen-bond acceptors (Lipinski definition) is 5. The quantitative estimate of drug-likeness (QED) is 0.743. The number of nitrogen functional groups attached to an aromatic ring is 1. The monoisotopic (exact) mass is 273 g/mol. The number of aromatic nitrogens is 1. The van der Waals surface area contributed by atoms with Gasteiger partial charge in [-0.25, -0.2) is 0 Å². The van der Waals surface area contributed by atoms with Crippen LogP contribution in [0, 0.1) is 0 Å². The molecule has 20 heavy (non-hydrogen) atoms. The Bertz CT molecular complexity index is 609. The SMILES string of the molecule is Nc1c(NCC2(O)CCOCC2)ccc2cnccc12. The van der Waals surface area contributed by atoms with E-state index in [-0.39, 0.29) is 0 Å². The van der Waals surface area contributed by atoms with Gasteiger partial charge >= 0.3 is 0 Å². The molecular formula is C15H19N3O2. The van der Waals surface area contributed by atoms with E-state index in [0.717, 1.165) is 16.5 Å². The summed E-state index contributed by atoms with van der Waals surface area (Å²) in [6.07, 6.45) is 4.82. The fourth-order valence-corrected chi connectivity index (χ4v) is 2.53. The van der Waals surface area contributed by atoms with Crippen molar-refractivity contribution < 1.29 is 9.84 Å². The Labute approximate surface area is 117 Å². The summed E-state index contributed by atoms with van der Waals surface area (Å²) in [7, 11) is 0. The Balaban J connectivity index is 1.79. The molecule has 106 valence electrons. The summed E-state index contributed by atoms with van der Waals surface area (Å²) in [5.41, 5.74) is 7.02. The Kier molecular flexibility index (Phi) is 3.46. The number of nitrogens with zero attached hydrogens (tertiary/aromatic N) is 1. The predicted octanol–water partition coefficient (Wildman–Crippen LogP) is 1.77. The minimum absolute atomic E-state index is 0.483. The molecule has 1 aromatic heterocycles. The molecule has 1 aliphatic heterocycles. The first-order chi connectivity index (χ1) is 9.68. The maximum Gasteiger partial charge on any atom is 0.0863 e. The smallest absolute Gasteiger partial charge is 0.0863 e. The second-order valence-electron chi connectivity index (χ2n) is 5.31. The highest BCUT2D eigenvalue weighted by Crippen LogP contribution is 2.29. The molecule has 0 atom stereocenters. The van der Waals surface area contributed by atoms with Crippen molar-refractivity contribution in [1.82, 2.24) is 4.98 Å². The molecule has 3 rings (SSSR count). The standard InChI is InChI=1S/C15H19N3O2/c16-14-12-3-6-17-9-11(12)1-2-13(14)18-10-15(19)4-7-20-8-5-15/h1-3,6,9,18-19H,4-5,7-8,10,16H2. The Morgan fingerprint density at radius 2 is 2.10 bits per heavy atom. The van der Waals surface area contributed by atoms with Crippen LogP contribution in [0.5, 0.6) is 0 Å². The van der Waals surface area contributed by atoms with Gasteiger partial charge in [0.05, 0.1) is 17.0 Å². The van der Waals surface area contributed by atoms with Crippen LogP contribution in [0.3, 0.4) is 0 Å². The van der Waals surface area contributed by atoms with Crippen LogP contribution in [0.25, 0.3) is 10.8 Å². The number of fused-ring (bicyclic) bond motifs is 1. The van der Waals surface area contributed by atoms with Crippen LogP contribution in [-0.4, -0.2) is 35.5 Å². The molecule has 0 amide bonds. The number of benzene rings is 1. The second-order valence-corrected chi connectivity index (χ2v) is 5.31. The van der Waals surface area contributed by atoms with E-state index in [1.165, 1.54) is 0 Å². The number of anilines is 2. The summed E-state index contributed by atoms with van der Waals surface area (Å²) < 4.78 is 5.28. The largest absolute Gasteiger partial charge is 0.397 e. The van der Waals surface area contributed by atoms with Gasteiger partial charge in [-0.3, -0.25) is 4.98 Å². The van der Waals surface area contributed by atoms with Crippen LogP contribution >= 0.6 is 0 Å². The average molecular weight is 273 g/mol. The van der Waals surface area contributed by atoms with E-state index in [0.29, 0.717) is 38.3 Å². The number of nitrogens with one attached hydrogen (secondary N) is 1. The summed E-state index contributed by atoms with van der Waals surface area (Å²) in [4.78, 5) is 4.08. The molecule has 1 aliphatic rings. The van der Waals surface area contributed by atoms with Gasteiger partial charge in [0.15, 0.2) is 0 Å². The zero-order chi connectivity index (χ0) is 14.0. The van der Waals surface area contributed by atoms with Crippen LogP contribution in [0.1, 0.15) is 12.8 Å². The van der Waals surface area contributed by atoms with Gasteiger partial charge in [-0.2, -0.15) is 0 Å². The maximum absolute atomic E-state index is 10.4. The average Bonchev–Trinajstić information content (AvgIpc) is 2.48. The zero-order valence-electron chi connectivity index (χ0n) is 11.3. The van der Waals surface area contributed by atoms with E-state index in [2.05, 4.69) is 10.3 Å². The fraction of sp³-hybridized carbons (Fsp3) is 0.400. The molecule has 1 saturated heterocycles. The lowest BCUT2D eigenvalue weighted by Gasteiger charge is -2.32. The molecule has 0 spiro atoms. The third-order valence-electron chi connectivity index (χ3n) is 3.89. The minimum atomic E-state index is -0.710. The van der Waals surface area contributed by atoms with Gasteiger partial charge in [0.25, 0.3) is 0 Å². The van der Waals surface area contributed by atoms with E-state index in [9.17, 15) is 5.11 Å². The molecular weight excluding hydrogens is 254 g/mol. The number of nitrogens with two attached hydrogens (primary N) is 1. The van der Waals surface area contributed by atoms with Gasteiger partial charge in [-0.05, 0) is 12.1 Å². The van der Waals surface area contributed by atoms with E-state index >= 15 is 0 Å². The van der Waals surface area contributed by atoms with E-state index in [1.54, 1.807) is 12.4 Å². The fourth-order valence-electron chi connectivity index (χ4n) is 2.53. The molecule has 0 unspecified atom stereocenters. The molecule has 0 aliphatic carbocycles. The summed E-state index contributed by atoms with van der Waals surface area (Å²) in [5, 5.41) is 15.7. The first kappa shape index (κ1) is 13.1. The van der Waals surface area contributed by atoms with E-state index in [4.69, 9.17) is 10.5 Å². The van der Waals surface area contributed by atoms with Crippen molar-refractivity contribution in [1.29, 1.82) is 0 Å². The third kappa shape index (κ3) is 2.55. The number of rotatable bonds is 3. The number of ether oxygens (including phenoxy) is 1. The molecule has 4 N–H and O–H groups in total. The molecule has 5 nitrogen and oxygen atoms in total. The van der Waals surface area contributed by atoms with Crippen LogP contribution in [0.4, 0.5) is 11.4 Å². The molecule has 0 bridgehead atoms. The number of hydrogen-bond donors (Lipinski definition) is 3. The Morgan fingerprint density at radius 1 is 1.30 bits per heavy atom. The van der Waals surface area contributed by atoms with E-state index < -0.39 is 5.60 Å². The minimum Gasteiger partial charge on any atom is -0.397 e. The van der Waals surface area contributed by atoms with Crippen molar-refractivity contribution in [2.75, 3.05) is 30.8 Å². The van der Waals surface area contributed by atoms with Crippen molar-refractivity contribution in [2.24, 2.45) is 0 Å². The topological polar surface area (TPSA) is 80.4 Å². The normalized spacial score (nSPS) is 18.1. The first-order valence-electron chi connectivity index (χ1n) is 6.84. The highest BCUT2D eigenvalue weighted by atomic mass is 16.5. The third-order valence-corrected chi connectivity index (χ3v) is 3.89. The Morgan fingerprint density at radius 3 is 2.90 bits per heavy atom. The summed E-state index contributed by atoms with van der Waals surface area (Å²) in [5.74, 6) is 0. The van der Waals surface area contributed by atoms with Gasteiger partial charge in [-0.15, -0.1) is 0 Å². The predicted molar refractivity (Wildman–Crippen MR) is 79.6 cm³/mol. The number of pyridine rings is 1. The summed E-state index contributed by atoms with van der Waals surface area (Å²) >= 11 is 0. The second kappa shape index (κ2) is 5.26. The zero-order valence-corrected chi connectivity index (χ0v) is 11.3. The lowest BCUT2D eigenvalue weighted by atomic mass is 9.94. The summed E-state index contributed by atoms with van der Waals surface area (Å²) in [6, 6.07) is 5.82. The number of aliphatic hydroxyl groups is 1. The molecule has 1 fully saturated rings. The molecule has 1 aromatic carbocycles. The first-order valence-corrected chi connectivity index (χ1v) is 6.84. The van der Waals surface area contributed by atoms with Gasteiger partial charge < -0.3 is 20.9 Å². The van der Waals surface area contributed by atoms with Crippen molar-refractivity contribution >= 4 is 22.1 Å². The van der Waals surface area contributed by atoms with Gasteiger partial charge in [0.2, 0.25) is 0 Å². The molecule has 2 heterocycles. The van der Waals surface area contributed by atoms with Crippen molar-refractivity contribution in [3.05, 3.63) is 30.6 Å². The van der Waals surface area contributed by atoms with Crippen LogP contribution in [-0.2, 0) is 4.74 Å². The van der Waals surface area contributed by atoms with Crippen molar-refractivity contribution in [2.45, 2.75) is 18.4 Å². The lowest BCUT2D eigenvalue weighted by molar-refractivity contribution is -0.0543. The molecule has 2 aromatic rings. The van der Waals surface area contributed by atoms with Gasteiger partial charge in [0.1, 0.15) is 0 Å². The van der Waals surface area contributed by atoms with Crippen LogP contribution < -0.4 is 11.1 Å². The van der Waals surface area contributed by atoms with Crippen LogP contribution in [0.15, 0.2) is 30.6 Å². The molecule has 0 saturated carbocycles. The summed E-state index contributed by atoms with van der Waals surface area (Å²) in [6.45, 7) is 1.70. The van der Waals surface area contributed by atoms with E-state index in [1.807, 2.05) is 18.2 Å². The Hall–Kier alpha value is -1.85. The van der Waals surface area contributed by atoms with Gasteiger partial charge in [-0.1, -0.05) is 6.07 Å². The van der Waals surface area contributed by atoms with Gasteiger partial charge in [0, 0.05) is 55.8 Å². The lowest BCUT2D eigenvalue weighted by Crippen LogP contribution is -2.42. The molecule has 0 radical (unpaired) electrons. The van der Waals surface area contributed by atoms with Crippen molar-refractivity contribution in [3.8, 4) is 0 Å².